The summed E-state index contributed by atoms with van der Waals surface area (Å²) in [6.07, 6.45) is 2.31. The van der Waals surface area contributed by atoms with Crippen LogP contribution >= 0.6 is 0 Å². The summed E-state index contributed by atoms with van der Waals surface area (Å²) in [4.78, 5) is 4.48. The van der Waals surface area contributed by atoms with Gasteiger partial charge in [-0.3, -0.25) is 4.99 Å². The first-order valence-electron chi connectivity index (χ1n) is 4.53. The van der Waals surface area contributed by atoms with Crippen molar-refractivity contribution in [3.05, 3.63) is 35.4 Å². The lowest BCUT2D eigenvalue weighted by atomic mass is 10.1. The van der Waals surface area contributed by atoms with E-state index in [9.17, 15) is 0 Å². The fourth-order valence-electron chi connectivity index (χ4n) is 1.76. The Labute approximate surface area is 73.1 Å². The number of rotatable bonds is 1. The Morgan fingerprint density at radius 3 is 2.92 bits per heavy atom. The van der Waals surface area contributed by atoms with E-state index in [-0.39, 0.29) is 0 Å². The van der Waals surface area contributed by atoms with Crippen molar-refractivity contribution in [1.29, 1.82) is 0 Å². The number of aryl methyl sites for hydroxylation is 1. The summed E-state index contributed by atoms with van der Waals surface area (Å²) in [6.45, 7) is 3.00. The number of hydrogen-bond donors (Lipinski definition) is 0. The molecule has 2 rings (SSSR count). The zero-order valence-corrected chi connectivity index (χ0v) is 7.38. The maximum absolute atomic E-state index is 4.48. The molecule has 0 aromatic heterocycles. The summed E-state index contributed by atoms with van der Waals surface area (Å²) in [5, 5.41) is 0. The molecule has 0 spiro atoms. The van der Waals surface area contributed by atoms with E-state index in [1.165, 1.54) is 23.3 Å². The van der Waals surface area contributed by atoms with Gasteiger partial charge in [-0.05, 0) is 30.9 Å². The molecule has 0 N–H and O–H groups in total. The Balaban J connectivity index is 2.43. The number of hydrogen-bond acceptors (Lipinski definition) is 1. The molecule has 0 saturated heterocycles. The SMILES string of the molecule is CC/N=C1\CCc2ccccc21. The van der Waals surface area contributed by atoms with E-state index < -0.39 is 0 Å². The smallest absolute Gasteiger partial charge is 0.0426 e. The molecular weight excluding hydrogens is 146 g/mol. The molecule has 1 aromatic carbocycles. The fourth-order valence-corrected chi connectivity index (χ4v) is 1.76. The Morgan fingerprint density at radius 1 is 1.25 bits per heavy atom. The Bertz CT molecular complexity index is 313. The Kier molecular flexibility index (Phi) is 1.94. The molecule has 0 atom stereocenters. The number of nitrogens with zero attached hydrogens (tertiary/aromatic N) is 1. The van der Waals surface area contributed by atoms with Crippen molar-refractivity contribution in [2.75, 3.05) is 6.54 Å². The summed E-state index contributed by atoms with van der Waals surface area (Å²) >= 11 is 0. The molecule has 1 aliphatic carbocycles. The maximum atomic E-state index is 4.48. The second-order valence-electron chi connectivity index (χ2n) is 3.08. The number of benzene rings is 1. The summed E-state index contributed by atoms with van der Waals surface area (Å²) in [6, 6.07) is 8.58. The van der Waals surface area contributed by atoms with Gasteiger partial charge in [0.2, 0.25) is 0 Å². The highest BCUT2D eigenvalue weighted by atomic mass is 14.7. The third-order valence-electron chi connectivity index (χ3n) is 2.31. The molecule has 62 valence electrons. The first kappa shape index (κ1) is 7.53. The average Bonchev–Trinajstić information content (AvgIpc) is 2.50. The lowest BCUT2D eigenvalue weighted by molar-refractivity contribution is 1.06. The van der Waals surface area contributed by atoms with E-state index in [1.807, 2.05) is 0 Å². The highest BCUT2D eigenvalue weighted by molar-refractivity contribution is 6.04. The molecule has 12 heavy (non-hydrogen) atoms. The average molecular weight is 159 g/mol. The molecule has 0 bridgehead atoms. The van der Waals surface area contributed by atoms with Crippen LogP contribution < -0.4 is 0 Å². The van der Waals surface area contributed by atoms with Gasteiger partial charge >= 0.3 is 0 Å². The minimum atomic E-state index is 0.906. The highest BCUT2D eigenvalue weighted by Crippen LogP contribution is 2.21. The first-order valence-corrected chi connectivity index (χ1v) is 4.53. The van der Waals surface area contributed by atoms with Gasteiger partial charge < -0.3 is 0 Å². The molecule has 0 saturated carbocycles. The molecule has 1 aliphatic rings. The van der Waals surface area contributed by atoms with Gasteiger partial charge in [-0.1, -0.05) is 24.3 Å². The number of aliphatic imine (C=N–C) groups is 1. The zero-order valence-electron chi connectivity index (χ0n) is 7.38. The van der Waals surface area contributed by atoms with Crippen LogP contribution in [0.4, 0.5) is 0 Å². The van der Waals surface area contributed by atoms with Crippen molar-refractivity contribution in [1.82, 2.24) is 0 Å². The van der Waals surface area contributed by atoms with Crippen LogP contribution in [0.25, 0.3) is 0 Å². The van der Waals surface area contributed by atoms with Gasteiger partial charge in [0.25, 0.3) is 0 Å². The number of fused-ring (bicyclic) bond motifs is 1. The monoisotopic (exact) mass is 159 g/mol. The van der Waals surface area contributed by atoms with Crippen LogP contribution in [0.2, 0.25) is 0 Å². The fraction of sp³-hybridized carbons (Fsp3) is 0.364. The molecule has 1 nitrogen and oxygen atoms in total. The normalized spacial score (nSPS) is 18.2. The molecule has 0 amide bonds. The van der Waals surface area contributed by atoms with Crippen molar-refractivity contribution in [2.24, 2.45) is 4.99 Å². The van der Waals surface area contributed by atoms with Gasteiger partial charge in [-0.15, -0.1) is 0 Å². The van der Waals surface area contributed by atoms with Gasteiger partial charge in [0.1, 0.15) is 0 Å². The molecule has 0 aliphatic heterocycles. The van der Waals surface area contributed by atoms with E-state index in [1.54, 1.807) is 0 Å². The summed E-state index contributed by atoms with van der Waals surface area (Å²) in [5.41, 5.74) is 4.14. The third-order valence-corrected chi connectivity index (χ3v) is 2.31. The van der Waals surface area contributed by atoms with Gasteiger partial charge in [-0.2, -0.15) is 0 Å². The van der Waals surface area contributed by atoms with Gasteiger partial charge in [0.15, 0.2) is 0 Å². The molecule has 1 aromatic rings. The summed E-state index contributed by atoms with van der Waals surface area (Å²) in [5.74, 6) is 0. The zero-order chi connectivity index (χ0) is 8.39. The second kappa shape index (κ2) is 3.10. The van der Waals surface area contributed by atoms with E-state index in [4.69, 9.17) is 0 Å². The standard InChI is InChI=1S/C11H13N/c1-2-12-11-8-7-9-5-3-4-6-10(9)11/h3-6H,2,7-8H2,1H3/b12-11+. The van der Waals surface area contributed by atoms with Crippen LogP contribution in [-0.2, 0) is 6.42 Å². The lowest BCUT2D eigenvalue weighted by Crippen LogP contribution is -1.94. The Hall–Kier alpha value is -1.11. The van der Waals surface area contributed by atoms with E-state index in [2.05, 4.69) is 36.2 Å². The first-order chi connectivity index (χ1) is 5.92. The quantitative estimate of drug-likeness (QED) is 0.596. The predicted octanol–water partition coefficient (Wildman–Crippen LogP) is 2.44. The predicted molar refractivity (Wildman–Crippen MR) is 51.8 cm³/mol. The Morgan fingerprint density at radius 2 is 2.08 bits per heavy atom. The van der Waals surface area contributed by atoms with Crippen molar-refractivity contribution < 1.29 is 0 Å². The molecule has 1 heteroatoms. The topological polar surface area (TPSA) is 12.4 Å². The van der Waals surface area contributed by atoms with Crippen molar-refractivity contribution in [2.45, 2.75) is 19.8 Å². The molecule has 0 heterocycles. The minimum absolute atomic E-state index is 0.906. The molecule has 0 fully saturated rings. The van der Waals surface area contributed by atoms with Crippen LogP contribution in [0.3, 0.4) is 0 Å². The van der Waals surface area contributed by atoms with Gasteiger partial charge in [-0.25, -0.2) is 0 Å². The summed E-state index contributed by atoms with van der Waals surface area (Å²) in [7, 11) is 0. The van der Waals surface area contributed by atoms with E-state index in [0.29, 0.717) is 0 Å². The molecule has 0 radical (unpaired) electrons. The van der Waals surface area contributed by atoms with Crippen LogP contribution in [0.5, 0.6) is 0 Å². The van der Waals surface area contributed by atoms with Crippen LogP contribution in [-0.4, -0.2) is 12.3 Å². The second-order valence-corrected chi connectivity index (χ2v) is 3.08. The minimum Gasteiger partial charge on any atom is -0.289 e. The highest BCUT2D eigenvalue weighted by Gasteiger charge is 2.15. The third kappa shape index (κ3) is 1.15. The van der Waals surface area contributed by atoms with Crippen molar-refractivity contribution in [3.63, 3.8) is 0 Å². The maximum Gasteiger partial charge on any atom is 0.0426 e. The largest absolute Gasteiger partial charge is 0.289 e. The van der Waals surface area contributed by atoms with Crippen LogP contribution in [0, 0.1) is 0 Å². The van der Waals surface area contributed by atoms with Crippen molar-refractivity contribution in [3.8, 4) is 0 Å². The molecular formula is C11H13N. The molecule has 0 unspecified atom stereocenters. The lowest BCUT2D eigenvalue weighted by Gasteiger charge is -1.97. The van der Waals surface area contributed by atoms with Crippen LogP contribution in [0.15, 0.2) is 29.3 Å². The van der Waals surface area contributed by atoms with Gasteiger partial charge in [0.05, 0.1) is 0 Å². The van der Waals surface area contributed by atoms with Crippen LogP contribution in [0.1, 0.15) is 24.5 Å². The van der Waals surface area contributed by atoms with Gasteiger partial charge in [0, 0.05) is 12.3 Å². The van der Waals surface area contributed by atoms with E-state index >= 15 is 0 Å². The van der Waals surface area contributed by atoms with E-state index in [0.717, 1.165) is 13.0 Å². The van der Waals surface area contributed by atoms with Crippen molar-refractivity contribution >= 4 is 5.71 Å². The summed E-state index contributed by atoms with van der Waals surface area (Å²) < 4.78 is 0.